The number of thiazole rings is 1. The maximum atomic E-state index is 11.8. The molecule has 0 unspecified atom stereocenters. The van der Waals surface area contributed by atoms with Crippen molar-refractivity contribution in [3.05, 3.63) is 38.3 Å². The number of hydrogen-bond acceptors (Lipinski definition) is 5. The third kappa shape index (κ3) is 3.24. The lowest BCUT2D eigenvalue weighted by molar-refractivity contribution is 0.235. The number of benzene rings is 1. The van der Waals surface area contributed by atoms with Gasteiger partial charge in [-0.1, -0.05) is 11.3 Å². The van der Waals surface area contributed by atoms with Gasteiger partial charge < -0.3 is 15.0 Å². The zero-order chi connectivity index (χ0) is 15.5. The van der Waals surface area contributed by atoms with Gasteiger partial charge in [0.25, 0.3) is 0 Å². The smallest absolute Gasteiger partial charge is 0.305 e. The van der Waals surface area contributed by atoms with Crippen LogP contribution in [0.1, 0.15) is 10.4 Å². The van der Waals surface area contributed by atoms with Crippen LogP contribution in [0, 0.1) is 6.92 Å². The van der Waals surface area contributed by atoms with E-state index in [1.165, 1.54) is 11.3 Å². The van der Waals surface area contributed by atoms with Crippen LogP contribution in [0.25, 0.3) is 11.3 Å². The molecule has 22 heavy (non-hydrogen) atoms. The molecule has 1 aliphatic heterocycles. The highest BCUT2D eigenvalue weighted by molar-refractivity contribution is 7.09. The lowest BCUT2D eigenvalue weighted by Crippen LogP contribution is -2.42. The number of nitrogens with zero attached hydrogens (tertiary/aromatic N) is 1. The summed E-state index contributed by atoms with van der Waals surface area (Å²) < 4.78 is 5.31. The molecular weight excluding hydrogens is 298 g/mol. The van der Waals surface area contributed by atoms with Crippen molar-refractivity contribution >= 4 is 11.3 Å². The first kappa shape index (κ1) is 15.3. The molecule has 1 aromatic carbocycles. The van der Waals surface area contributed by atoms with Crippen molar-refractivity contribution in [3.63, 3.8) is 0 Å². The summed E-state index contributed by atoms with van der Waals surface area (Å²) >= 11 is 1.31. The Balaban J connectivity index is 1.90. The molecule has 2 N–H and O–H groups in total. The molecule has 118 valence electrons. The van der Waals surface area contributed by atoms with E-state index < -0.39 is 0 Å². The summed E-state index contributed by atoms with van der Waals surface area (Å²) in [4.78, 5) is 18.3. The minimum absolute atomic E-state index is 0.00797. The number of methoxy groups -OCH3 is 1. The Kier molecular flexibility index (Phi) is 4.61. The summed E-state index contributed by atoms with van der Waals surface area (Å²) in [7, 11) is 1.67. The van der Waals surface area contributed by atoms with Crippen molar-refractivity contribution in [1.29, 1.82) is 0 Å². The Bertz CT molecular complexity index is 702. The standard InChI is InChI=1S/C16H21N3O2S/c1-11-9-12(3-4-13(11)21-2)15-14(22-16(20)18-15)10-19-7-5-17-6-8-19/h3-4,9,17H,5-8,10H2,1-2H3,(H,18,20). The van der Waals surface area contributed by atoms with Crippen molar-refractivity contribution < 1.29 is 4.74 Å². The normalized spacial score (nSPS) is 15.9. The van der Waals surface area contributed by atoms with Gasteiger partial charge in [-0.15, -0.1) is 0 Å². The minimum Gasteiger partial charge on any atom is -0.496 e. The van der Waals surface area contributed by atoms with E-state index in [9.17, 15) is 4.79 Å². The molecule has 0 radical (unpaired) electrons. The van der Waals surface area contributed by atoms with Crippen LogP contribution in [-0.2, 0) is 6.54 Å². The molecule has 0 atom stereocenters. The van der Waals surface area contributed by atoms with Crippen LogP contribution < -0.4 is 14.9 Å². The van der Waals surface area contributed by atoms with Crippen molar-refractivity contribution in [2.45, 2.75) is 13.5 Å². The van der Waals surface area contributed by atoms with E-state index in [0.29, 0.717) is 0 Å². The Hall–Kier alpha value is -1.63. The van der Waals surface area contributed by atoms with Gasteiger partial charge in [0, 0.05) is 37.6 Å². The third-order valence-electron chi connectivity index (χ3n) is 3.98. The number of ether oxygens (including phenoxy) is 1. The topological polar surface area (TPSA) is 57.4 Å². The maximum absolute atomic E-state index is 11.8. The van der Waals surface area contributed by atoms with Crippen LogP contribution in [-0.4, -0.2) is 43.2 Å². The van der Waals surface area contributed by atoms with Crippen LogP contribution in [0.5, 0.6) is 5.75 Å². The van der Waals surface area contributed by atoms with E-state index in [4.69, 9.17) is 4.74 Å². The highest BCUT2D eigenvalue weighted by atomic mass is 32.1. The summed E-state index contributed by atoms with van der Waals surface area (Å²) in [5, 5.41) is 3.35. The first-order valence-corrected chi connectivity index (χ1v) is 8.29. The van der Waals surface area contributed by atoms with E-state index in [-0.39, 0.29) is 4.87 Å². The molecule has 0 amide bonds. The van der Waals surface area contributed by atoms with Crippen LogP contribution in [0.4, 0.5) is 0 Å². The van der Waals surface area contributed by atoms with E-state index in [1.54, 1.807) is 7.11 Å². The van der Waals surface area contributed by atoms with Gasteiger partial charge >= 0.3 is 4.87 Å². The predicted molar refractivity (Wildman–Crippen MR) is 89.8 cm³/mol. The van der Waals surface area contributed by atoms with Gasteiger partial charge in [-0.3, -0.25) is 9.69 Å². The van der Waals surface area contributed by atoms with Crippen molar-refractivity contribution in [2.24, 2.45) is 0 Å². The van der Waals surface area contributed by atoms with Crippen LogP contribution in [0.2, 0.25) is 0 Å². The number of H-pyrrole nitrogens is 1. The molecule has 1 aliphatic rings. The maximum Gasteiger partial charge on any atom is 0.305 e. The lowest BCUT2D eigenvalue weighted by atomic mass is 10.1. The van der Waals surface area contributed by atoms with Crippen molar-refractivity contribution in [1.82, 2.24) is 15.2 Å². The van der Waals surface area contributed by atoms with Gasteiger partial charge in [0.05, 0.1) is 12.8 Å². The Morgan fingerprint density at radius 1 is 1.32 bits per heavy atom. The van der Waals surface area contributed by atoms with Gasteiger partial charge in [0.2, 0.25) is 0 Å². The Morgan fingerprint density at radius 2 is 2.09 bits per heavy atom. The van der Waals surface area contributed by atoms with Crippen LogP contribution >= 0.6 is 11.3 Å². The molecule has 0 spiro atoms. The van der Waals surface area contributed by atoms with Gasteiger partial charge in [-0.05, 0) is 36.2 Å². The molecule has 5 nitrogen and oxygen atoms in total. The van der Waals surface area contributed by atoms with Gasteiger partial charge in [0.1, 0.15) is 5.75 Å². The number of aromatic nitrogens is 1. The number of hydrogen-bond donors (Lipinski definition) is 2. The van der Waals surface area contributed by atoms with Crippen LogP contribution in [0.15, 0.2) is 23.0 Å². The molecule has 6 heteroatoms. The molecule has 0 saturated carbocycles. The fraction of sp³-hybridized carbons (Fsp3) is 0.438. The Labute approximate surface area is 133 Å². The van der Waals surface area contributed by atoms with Crippen molar-refractivity contribution in [3.8, 4) is 17.0 Å². The number of aryl methyl sites for hydroxylation is 1. The molecule has 2 aromatic rings. The van der Waals surface area contributed by atoms with Gasteiger partial charge in [-0.25, -0.2) is 0 Å². The van der Waals surface area contributed by atoms with Gasteiger partial charge in [0.15, 0.2) is 0 Å². The van der Waals surface area contributed by atoms with Gasteiger partial charge in [-0.2, -0.15) is 0 Å². The fourth-order valence-corrected chi connectivity index (χ4v) is 3.71. The third-order valence-corrected chi connectivity index (χ3v) is 4.85. The molecule has 1 aromatic heterocycles. The quantitative estimate of drug-likeness (QED) is 0.903. The predicted octanol–water partition coefficient (Wildman–Crippen LogP) is 1.83. The first-order valence-electron chi connectivity index (χ1n) is 7.47. The average Bonchev–Trinajstić information content (AvgIpc) is 2.89. The monoisotopic (exact) mass is 319 g/mol. The number of rotatable bonds is 4. The van der Waals surface area contributed by atoms with E-state index in [0.717, 1.165) is 60.2 Å². The lowest BCUT2D eigenvalue weighted by Gasteiger charge is -2.26. The molecule has 3 rings (SSSR count). The number of nitrogens with one attached hydrogen (secondary N) is 2. The summed E-state index contributed by atoms with van der Waals surface area (Å²) in [6.45, 7) is 6.90. The van der Waals surface area contributed by atoms with E-state index in [1.807, 2.05) is 19.1 Å². The highest BCUT2D eigenvalue weighted by Crippen LogP contribution is 2.28. The molecule has 1 fully saturated rings. The number of piperazine rings is 1. The Morgan fingerprint density at radius 3 is 2.77 bits per heavy atom. The molecular formula is C16H21N3O2S. The second kappa shape index (κ2) is 6.64. The van der Waals surface area contributed by atoms with E-state index in [2.05, 4.69) is 21.3 Å². The summed E-state index contributed by atoms with van der Waals surface area (Å²) in [6.07, 6.45) is 0. The molecule has 0 aliphatic carbocycles. The minimum atomic E-state index is 0.00797. The summed E-state index contributed by atoms with van der Waals surface area (Å²) in [5.74, 6) is 0.866. The highest BCUT2D eigenvalue weighted by Gasteiger charge is 2.16. The SMILES string of the molecule is COc1ccc(-c2[nH]c(=O)sc2CN2CCNCC2)cc1C. The fourth-order valence-electron chi connectivity index (χ4n) is 2.81. The second-order valence-electron chi connectivity index (χ2n) is 5.52. The zero-order valence-corrected chi connectivity index (χ0v) is 13.8. The molecule has 1 saturated heterocycles. The summed E-state index contributed by atoms with van der Waals surface area (Å²) in [6, 6.07) is 6.03. The molecule has 0 bridgehead atoms. The summed E-state index contributed by atoms with van der Waals surface area (Å²) in [5.41, 5.74) is 3.06. The molecule has 2 heterocycles. The van der Waals surface area contributed by atoms with Crippen molar-refractivity contribution in [2.75, 3.05) is 33.3 Å². The van der Waals surface area contributed by atoms with Crippen LogP contribution in [0.3, 0.4) is 0 Å². The van der Waals surface area contributed by atoms with E-state index >= 15 is 0 Å². The second-order valence-corrected chi connectivity index (χ2v) is 6.59. The average molecular weight is 319 g/mol. The zero-order valence-electron chi connectivity index (χ0n) is 12.9. The first-order chi connectivity index (χ1) is 10.7. The number of aromatic amines is 1. The largest absolute Gasteiger partial charge is 0.496 e.